The van der Waals surface area contributed by atoms with Crippen LogP contribution in [0, 0.1) is 125 Å². The van der Waals surface area contributed by atoms with Gasteiger partial charge in [-0.05, 0) is 122 Å². The van der Waals surface area contributed by atoms with Gasteiger partial charge >= 0.3 is 52.0 Å². The van der Waals surface area contributed by atoms with Crippen molar-refractivity contribution in [2.45, 2.75) is 154 Å². The molecule has 296 valence electrons. The second-order valence-electron chi connectivity index (χ2n) is 14.1. The first kappa shape index (κ1) is 63.7. The van der Waals surface area contributed by atoms with Crippen molar-refractivity contribution in [2.24, 2.45) is 11.8 Å². The van der Waals surface area contributed by atoms with Gasteiger partial charge in [0.15, 0.2) is 0 Å². The van der Waals surface area contributed by atoms with Gasteiger partial charge in [-0.2, -0.15) is 12.3 Å². The molecule has 0 heterocycles. The van der Waals surface area contributed by atoms with Crippen LogP contribution in [0.2, 0.25) is 0 Å². The zero-order valence-electron chi connectivity index (χ0n) is 37.7. The van der Waals surface area contributed by atoms with E-state index in [1.165, 1.54) is 138 Å². The maximum Gasteiger partial charge on any atom is 4.00 e. The molecule has 1 N–H and O–H groups in total. The van der Waals surface area contributed by atoms with Crippen molar-refractivity contribution in [1.82, 2.24) is 5.32 Å². The molecule has 3 nitrogen and oxygen atoms in total. The Bertz CT molecular complexity index is 1030. The van der Waals surface area contributed by atoms with Gasteiger partial charge in [0.05, 0.1) is 0 Å². The number of benzene rings is 2. The quantitative estimate of drug-likeness (QED) is 0.129. The van der Waals surface area contributed by atoms with Crippen LogP contribution in [-0.4, -0.2) is 26.2 Å². The van der Waals surface area contributed by atoms with Gasteiger partial charge in [0.1, 0.15) is 0 Å². The molecule has 5 heteroatoms. The molecule has 0 spiro atoms. The summed E-state index contributed by atoms with van der Waals surface area (Å²) in [6, 6.07) is 0. The van der Waals surface area contributed by atoms with E-state index < -0.39 is 0 Å². The molecule has 0 saturated heterocycles. The summed E-state index contributed by atoms with van der Waals surface area (Å²) >= 11 is 0. The molecule has 0 radical (unpaired) electrons. The van der Waals surface area contributed by atoms with Crippen LogP contribution in [0.15, 0.2) is 0 Å². The van der Waals surface area contributed by atoms with Gasteiger partial charge in [-0.1, -0.05) is 100 Å². The molecular formula is C47H85HfN3Zr. The minimum atomic E-state index is 0. The Labute approximate surface area is 367 Å². The third kappa shape index (κ3) is 19.6. The van der Waals surface area contributed by atoms with Crippen molar-refractivity contribution < 1.29 is 52.0 Å². The zero-order chi connectivity index (χ0) is 33.5. The van der Waals surface area contributed by atoms with Gasteiger partial charge in [-0.15, -0.1) is 24.5 Å². The molecular weight excluding hydrogens is 876 g/mol. The Balaban J connectivity index is -0.000000192. The summed E-state index contributed by atoms with van der Waals surface area (Å²) in [6.07, 6.45) is 18.5. The molecule has 0 bridgehead atoms. The van der Waals surface area contributed by atoms with Crippen LogP contribution in [-0.2, 0) is 52.0 Å². The van der Waals surface area contributed by atoms with Crippen LogP contribution in [0.1, 0.15) is 140 Å². The Morgan fingerprint density at radius 2 is 0.865 bits per heavy atom. The number of nitrogens with one attached hydrogen (secondary N) is 1. The fourth-order valence-electron chi connectivity index (χ4n) is 7.24. The maximum absolute atomic E-state index is 4.89. The molecule has 2 aliphatic rings. The first-order valence-corrected chi connectivity index (χ1v) is 18.5. The van der Waals surface area contributed by atoms with E-state index in [0.29, 0.717) is 0 Å². The van der Waals surface area contributed by atoms with Crippen LogP contribution >= 0.6 is 0 Å². The van der Waals surface area contributed by atoms with Crippen LogP contribution < -0.4 is 5.32 Å². The largest absolute Gasteiger partial charge is 4.00 e. The first-order chi connectivity index (χ1) is 21.5. The Morgan fingerprint density at radius 3 is 1.17 bits per heavy atom. The minimum absolute atomic E-state index is 0. The summed E-state index contributed by atoms with van der Waals surface area (Å²) in [5, 5.41) is 13.3. The van der Waals surface area contributed by atoms with Crippen LogP contribution in [0.25, 0.3) is 10.6 Å². The maximum atomic E-state index is 4.89. The third-order valence-electron chi connectivity index (χ3n) is 11.1. The van der Waals surface area contributed by atoms with Crippen molar-refractivity contribution in [2.75, 3.05) is 26.2 Å². The van der Waals surface area contributed by atoms with Crippen molar-refractivity contribution in [3.8, 4) is 0 Å². The van der Waals surface area contributed by atoms with E-state index >= 15 is 0 Å². The summed E-state index contributed by atoms with van der Waals surface area (Å²) in [5.41, 5.74) is 15.9. The molecule has 52 heavy (non-hydrogen) atoms. The van der Waals surface area contributed by atoms with E-state index in [2.05, 4.69) is 94.8 Å². The molecule has 0 amide bonds. The smallest absolute Gasteiger partial charge is 0.683 e. The minimum Gasteiger partial charge on any atom is -0.683 e. The topological polar surface area (TPSA) is 40.2 Å². The van der Waals surface area contributed by atoms with E-state index in [9.17, 15) is 0 Å². The zero-order valence-corrected chi connectivity index (χ0v) is 43.8. The van der Waals surface area contributed by atoms with Crippen molar-refractivity contribution in [3.05, 3.63) is 110 Å². The fourth-order valence-corrected chi connectivity index (χ4v) is 7.24. The van der Waals surface area contributed by atoms with Gasteiger partial charge in [-0.3, -0.25) is 0 Å². The molecule has 1 atom stereocenters. The monoisotopic (exact) mass is 962 g/mol. The van der Waals surface area contributed by atoms with Crippen molar-refractivity contribution in [1.29, 1.82) is 0 Å². The molecule has 0 aromatic heterocycles. The van der Waals surface area contributed by atoms with Gasteiger partial charge in [0.2, 0.25) is 0 Å². The molecule has 2 saturated carbocycles. The molecule has 2 fully saturated rings. The summed E-state index contributed by atoms with van der Waals surface area (Å²) < 4.78 is 0. The molecule has 2 aromatic rings. The SMILES string of the molecule is CCCC1CCCC1.CCCC1[CH-]CCC1.Cc1c(C)c(C)c([N-]CCNCC[N-]c2c(C)c(C)c(C)c(C)c2C)c(C)c1C.[CH3-].[CH3-].[CH3-].[CH3-].[CH3-].[Hf+4].[Zr+4]. The number of hydrogen-bond acceptors (Lipinski definition) is 1. The van der Waals surface area contributed by atoms with Crippen LogP contribution in [0.4, 0.5) is 11.4 Å². The van der Waals surface area contributed by atoms with E-state index in [-0.39, 0.29) is 89.2 Å². The van der Waals surface area contributed by atoms with Gasteiger partial charge < -0.3 is 59.5 Å². The molecule has 2 aromatic carbocycles. The number of hydrogen-bond donors (Lipinski definition) is 1. The average molecular weight is 962 g/mol. The number of nitrogens with zero attached hydrogens (tertiary/aromatic N) is 2. The second-order valence-corrected chi connectivity index (χ2v) is 14.1. The first-order valence-electron chi connectivity index (χ1n) is 18.5. The molecule has 0 aliphatic heterocycles. The Kier molecular flexibility index (Phi) is 41.7. The van der Waals surface area contributed by atoms with Gasteiger partial charge in [-0.25, -0.2) is 0 Å². The fraction of sp³-hybridized carbons (Fsp3) is 0.617. The second kappa shape index (κ2) is 34.0. The van der Waals surface area contributed by atoms with E-state index in [1.54, 1.807) is 0 Å². The Hall–Kier alpha value is -0.247. The Morgan fingerprint density at radius 1 is 0.519 bits per heavy atom. The van der Waals surface area contributed by atoms with Crippen molar-refractivity contribution in [3.63, 3.8) is 0 Å². The summed E-state index contributed by atoms with van der Waals surface area (Å²) in [6.45, 7) is 29.9. The molecule has 2 aliphatic carbocycles. The predicted octanol–water partition coefficient (Wildman–Crippen LogP) is 15.1. The third-order valence-corrected chi connectivity index (χ3v) is 11.1. The summed E-state index contributed by atoms with van der Waals surface area (Å²) in [4.78, 5) is 0. The van der Waals surface area contributed by atoms with Crippen LogP contribution in [0.3, 0.4) is 0 Å². The van der Waals surface area contributed by atoms with Crippen LogP contribution in [0.5, 0.6) is 0 Å². The number of rotatable bonds is 12. The predicted molar refractivity (Wildman–Crippen MR) is 234 cm³/mol. The van der Waals surface area contributed by atoms with E-state index in [4.69, 9.17) is 10.6 Å². The standard InChI is InChI=1S/C26H39N3.C8H16.C8H15.5CH3.Hf.Zr/c1-15-17(3)21(7)25(22(8)18(15)4)28-13-11-27-12-14-29-26-23(9)19(5)16(2)20(6)24(26)10;2*1-2-5-8-6-3-4-7-8;;;;;;;/h27H,11-14H2,1-10H3;8H,2-7H2,1H3;6,8H,2-5,7H2,1H3;5*1H3;;/q-2;;6*-1;2*+4. The van der Waals surface area contributed by atoms with Crippen molar-refractivity contribution >= 4 is 11.4 Å². The summed E-state index contributed by atoms with van der Waals surface area (Å²) in [7, 11) is 0. The van der Waals surface area contributed by atoms with Gasteiger partial charge in [0, 0.05) is 0 Å². The summed E-state index contributed by atoms with van der Waals surface area (Å²) in [5.74, 6) is 2.10. The molecule has 4 rings (SSSR count). The van der Waals surface area contributed by atoms with E-state index in [0.717, 1.165) is 38.0 Å². The average Bonchev–Trinajstić information content (AvgIpc) is 3.75. The van der Waals surface area contributed by atoms with Gasteiger partial charge in [0.25, 0.3) is 0 Å². The normalized spacial score (nSPS) is 14.0. The molecule has 1 unspecified atom stereocenters. The van der Waals surface area contributed by atoms with E-state index in [1.807, 2.05) is 0 Å².